The molecule has 0 amide bonds. The van der Waals surface area contributed by atoms with Crippen LogP contribution in [-0.2, 0) is 10.8 Å². The van der Waals surface area contributed by atoms with Crippen LogP contribution in [0.3, 0.4) is 0 Å². The number of hydrogen-bond donors (Lipinski definition) is 1. The van der Waals surface area contributed by atoms with E-state index in [1.807, 2.05) is 24.3 Å². The lowest BCUT2D eigenvalue weighted by atomic mass is 10.3. The molecule has 6 heteroatoms. The Labute approximate surface area is 107 Å². The third-order valence-corrected chi connectivity index (χ3v) is 4.33. The van der Waals surface area contributed by atoms with Gasteiger partial charge in [-0.15, -0.1) is 0 Å². The molecule has 1 aromatic carbocycles. The monoisotopic (exact) mass is 262 g/mol. The highest BCUT2D eigenvalue weighted by molar-refractivity contribution is 7.85. The molecule has 0 bridgehead atoms. The van der Waals surface area contributed by atoms with Gasteiger partial charge in [0.15, 0.2) is 11.6 Å². The fourth-order valence-electron chi connectivity index (χ4n) is 2.09. The lowest BCUT2D eigenvalue weighted by Crippen LogP contribution is -2.38. The fourth-order valence-corrected chi connectivity index (χ4v) is 3.14. The van der Waals surface area contributed by atoms with Crippen LogP contribution < -0.4 is 10.6 Å². The van der Waals surface area contributed by atoms with Crippen LogP contribution in [0, 0.1) is 0 Å². The van der Waals surface area contributed by atoms with E-state index in [2.05, 4.69) is 14.9 Å². The van der Waals surface area contributed by atoms with Crippen LogP contribution >= 0.6 is 0 Å². The number of aromatic nitrogens is 2. The Morgan fingerprint density at radius 1 is 1.11 bits per heavy atom. The summed E-state index contributed by atoms with van der Waals surface area (Å²) in [6.45, 7) is 1.45. The first kappa shape index (κ1) is 11.4. The SMILES string of the molecule is Nc1nc2ccccc2nc1N1CCS(=O)CC1. The molecule has 0 spiro atoms. The van der Waals surface area contributed by atoms with E-state index in [1.54, 1.807) is 0 Å². The molecule has 1 aromatic heterocycles. The second-order valence-electron chi connectivity index (χ2n) is 4.26. The first-order valence-corrected chi connectivity index (χ1v) is 7.35. The lowest BCUT2D eigenvalue weighted by molar-refractivity contribution is 0.672. The number of nitrogen functional groups attached to an aromatic ring is 1. The van der Waals surface area contributed by atoms with E-state index in [9.17, 15) is 4.21 Å². The maximum absolute atomic E-state index is 11.4. The standard InChI is InChI=1S/C12H14N4OS/c13-11-12(16-5-7-18(17)8-6-16)15-10-4-2-1-3-9(10)14-11/h1-4H,5-8H2,(H2,13,14). The minimum atomic E-state index is -0.699. The summed E-state index contributed by atoms with van der Waals surface area (Å²) in [5.41, 5.74) is 7.61. The van der Waals surface area contributed by atoms with Crippen molar-refractivity contribution in [1.29, 1.82) is 0 Å². The van der Waals surface area contributed by atoms with Gasteiger partial charge < -0.3 is 10.6 Å². The minimum Gasteiger partial charge on any atom is -0.381 e. The van der Waals surface area contributed by atoms with Crippen LogP contribution in [-0.4, -0.2) is 38.8 Å². The lowest BCUT2D eigenvalue weighted by Gasteiger charge is -2.27. The highest BCUT2D eigenvalue weighted by atomic mass is 32.2. The van der Waals surface area contributed by atoms with Gasteiger partial charge in [0, 0.05) is 35.4 Å². The third kappa shape index (κ3) is 2.03. The summed E-state index contributed by atoms with van der Waals surface area (Å²) >= 11 is 0. The van der Waals surface area contributed by atoms with Crippen molar-refractivity contribution >= 4 is 33.5 Å². The molecule has 1 aliphatic heterocycles. The molecule has 5 nitrogen and oxygen atoms in total. The predicted octanol–water partition coefficient (Wildman–Crippen LogP) is 0.781. The normalized spacial score (nSPS) is 17.2. The topological polar surface area (TPSA) is 72.1 Å². The molecule has 0 atom stereocenters. The van der Waals surface area contributed by atoms with Crippen molar-refractivity contribution in [3.8, 4) is 0 Å². The van der Waals surface area contributed by atoms with E-state index in [-0.39, 0.29) is 0 Å². The number of hydrogen-bond acceptors (Lipinski definition) is 5. The van der Waals surface area contributed by atoms with Gasteiger partial charge in [-0.05, 0) is 12.1 Å². The van der Waals surface area contributed by atoms with Crippen LogP contribution in [0.15, 0.2) is 24.3 Å². The molecular weight excluding hydrogens is 248 g/mol. The average molecular weight is 262 g/mol. The van der Waals surface area contributed by atoms with Gasteiger partial charge >= 0.3 is 0 Å². The summed E-state index contributed by atoms with van der Waals surface area (Å²) in [7, 11) is -0.699. The smallest absolute Gasteiger partial charge is 0.172 e. The van der Waals surface area contributed by atoms with Crippen LogP contribution in [0.5, 0.6) is 0 Å². The molecule has 2 heterocycles. The minimum absolute atomic E-state index is 0.446. The van der Waals surface area contributed by atoms with Gasteiger partial charge in [-0.1, -0.05) is 12.1 Å². The zero-order chi connectivity index (χ0) is 12.5. The Balaban J connectivity index is 2.01. The highest BCUT2D eigenvalue weighted by Gasteiger charge is 2.19. The van der Waals surface area contributed by atoms with Crippen molar-refractivity contribution < 1.29 is 4.21 Å². The van der Waals surface area contributed by atoms with Crippen molar-refractivity contribution in [2.24, 2.45) is 0 Å². The summed E-state index contributed by atoms with van der Waals surface area (Å²) in [4.78, 5) is 11.0. The first-order chi connectivity index (χ1) is 8.74. The van der Waals surface area contributed by atoms with Crippen LogP contribution in [0.2, 0.25) is 0 Å². The summed E-state index contributed by atoms with van der Waals surface area (Å²) in [5.74, 6) is 2.51. The van der Waals surface area contributed by atoms with Crippen LogP contribution in [0.1, 0.15) is 0 Å². The number of anilines is 2. The third-order valence-electron chi connectivity index (χ3n) is 3.06. The molecule has 0 saturated carbocycles. The Morgan fingerprint density at radius 2 is 1.72 bits per heavy atom. The van der Waals surface area contributed by atoms with E-state index >= 15 is 0 Å². The number of para-hydroxylation sites is 2. The molecule has 1 saturated heterocycles. The number of benzene rings is 1. The second-order valence-corrected chi connectivity index (χ2v) is 5.95. The molecule has 2 aromatic rings. The highest BCUT2D eigenvalue weighted by Crippen LogP contribution is 2.23. The van der Waals surface area contributed by atoms with Crippen LogP contribution in [0.4, 0.5) is 11.6 Å². The van der Waals surface area contributed by atoms with Gasteiger partial charge in [0.1, 0.15) is 0 Å². The van der Waals surface area contributed by atoms with Gasteiger partial charge in [-0.2, -0.15) is 0 Å². The van der Waals surface area contributed by atoms with Gasteiger partial charge in [-0.3, -0.25) is 4.21 Å². The number of rotatable bonds is 1. The molecule has 94 valence electrons. The summed E-state index contributed by atoms with van der Waals surface area (Å²) in [5, 5.41) is 0. The Kier molecular flexibility index (Phi) is 2.87. The fraction of sp³-hybridized carbons (Fsp3) is 0.333. The van der Waals surface area contributed by atoms with Crippen LogP contribution in [0.25, 0.3) is 11.0 Å². The maximum atomic E-state index is 11.4. The van der Waals surface area contributed by atoms with Crippen molar-refractivity contribution in [1.82, 2.24) is 9.97 Å². The summed E-state index contributed by atoms with van der Waals surface area (Å²) < 4.78 is 11.4. The zero-order valence-electron chi connectivity index (χ0n) is 9.87. The molecule has 3 rings (SSSR count). The van der Waals surface area contributed by atoms with Crippen molar-refractivity contribution in [2.75, 3.05) is 35.2 Å². The molecule has 0 aliphatic carbocycles. The molecular formula is C12H14N4OS. The van der Waals surface area contributed by atoms with E-state index in [1.165, 1.54) is 0 Å². The van der Waals surface area contributed by atoms with Crippen molar-refractivity contribution in [2.45, 2.75) is 0 Å². The Hall–Kier alpha value is -1.69. The van der Waals surface area contributed by atoms with Gasteiger partial charge in [0.05, 0.1) is 11.0 Å². The first-order valence-electron chi connectivity index (χ1n) is 5.86. The zero-order valence-corrected chi connectivity index (χ0v) is 10.7. The second kappa shape index (κ2) is 4.53. The molecule has 0 unspecified atom stereocenters. The molecule has 1 aliphatic rings. The quantitative estimate of drug-likeness (QED) is 0.822. The number of fused-ring (bicyclic) bond motifs is 1. The maximum Gasteiger partial charge on any atom is 0.172 e. The molecule has 2 N–H and O–H groups in total. The van der Waals surface area contributed by atoms with Gasteiger partial charge in [-0.25, -0.2) is 9.97 Å². The Bertz CT molecular complexity index is 606. The van der Waals surface area contributed by atoms with E-state index < -0.39 is 10.8 Å². The number of nitrogens with two attached hydrogens (primary N) is 1. The van der Waals surface area contributed by atoms with E-state index in [0.717, 1.165) is 24.1 Å². The average Bonchev–Trinajstić information content (AvgIpc) is 2.39. The molecule has 0 radical (unpaired) electrons. The molecule has 1 fully saturated rings. The predicted molar refractivity (Wildman–Crippen MR) is 74.0 cm³/mol. The molecule has 18 heavy (non-hydrogen) atoms. The van der Waals surface area contributed by atoms with Crippen molar-refractivity contribution in [3.05, 3.63) is 24.3 Å². The van der Waals surface area contributed by atoms with Gasteiger partial charge in [0.25, 0.3) is 0 Å². The van der Waals surface area contributed by atoms with Gasteiger partial charge in [0.2, 0.25) is 0 Å². The van der Waals surface area contributed by atoms with E-state index in [4.69, 9.17) is 5.73 Å². The largest absolute Gasteiger partial charge is 0.381 e. The number of nitrogens with zero attached hydrogens (tertiary/aromatic N) is 3. The summed E-state index contributed by atoms with van der Waals surface area (Å²) in [6.07, 6.45) is 0. The summed E-state index contributed by atoms with van der Waals surface area (Å²) in [6, 6.07) is 7.67. The van der Waals surface area contributed by atoms with E-state index in [0.29, 0.717) is 23.1 Å². The Morgan fingerprint density at radius 3 is 2.39 bits per heavy atom. The van der Waals surface area contributed by atoms with Crippen molar-refractivity contribution in [3.63, 3.8) is 0 Å².